The van der Waals surface area contributed by atoms with Crippen molar-refractivity contribution in [3.63, 3.8) is 0 Å². The molecular weight excluding hydrogens is 260 g/mol. The van der Waals surface area contributed by atoms with Gasteiger partial charge < -0.3 is 10.4 Å². The van der Waals surface area contributed by atoms with Crippen molar-refractivity contribution in [3.05, 3.63) is 30.2 Å². The first kappa shape index (κ1) is 14.0. The second kappa shape index (κ2) is 4.92. The number of carbonyl (C=O) groups is 2. The van der Waals surface area contributed by atoms with Crippen molar-refractivity contribution < 1.29 is 14.7 Å². The summed E-state index contributed by atoms with van der Waals surface area (Å²) in [7, 11) is 0. The van der Waals surface area contributed by atoms with Gasteiger partial charge in [-0.25, -0.2) is 14.3 Å². The van der Waals surface area contributed by atoms with Crippen molar-refractivity contribution in [2.24, 2.45) is 5.41 Å². The van der Waals surface area contributed by atoms with Gasteiger partial charge in [-0.1, -0.05) is 20.8 Å². The van der Waals surface area contributed by atoms with Crippen LogP contribution >= 0.6 is 0 Å². The van der Waals surface area contributed by atoms with Gasteiger partial charge in [0.1, 0.15) is 6.04 Å². The number of hydrogen-bond acceptors (Lipinski definition) is 4. The van der Waals surface area contributed by atoms with Gasteiger partial charge >= 0.3 is 5.97 Å². The van der Waals surface area contributed by atoms with E-state index in [0.717, 1.165) is 0 Å². The summed E-state index contributed by atoms with van der Waals surface area (Å²) in [6.45, 7) is 5.24. The number of carboxylic acid groups (broad SMARTS) is 1. The molecule has 2 N–H and O–H groups in total. The lowest BCUT2D eigenvalue weighted by atomic mass is 9.86. The Hall–Kier alpha value is -2.44. The highest BCUT2D eigenvalue weighted by atomic mass is 16.4. The van der Waals surface area contributed by atoms with E-state index in [1.54, 1.807) is 39.2 Å². The number of nitrogens with one attached hydrogen (secondary N) is 1. The highest BCUT2D eigenvalue weighted by Crippen LogP contribution is 2.19. The van der Waals surface area contributed by atoms with Crippen molar-refractivity contribution in [1.82, 2.24) is 19.9 Å². The number of nitrogens with zero attached hydrogens (tertiary/aromatic N) is 3. The van der Waals surface area contributed by atoms with E-state index in [-0.39, 0.29) is 5.69 Å². The summed E-state index contributed by atoms with van der Waals surface area (Å²) in [5, 5.41) is 15.7. The summed E-state index contributed by atoms with van der Waals surface area (Å²) in [4.78, 5) is 27.4. The number of aliphatic carboxylic acids is 1. The van der Waals surface area contributed by atoms with Gasteiger partial charge in [-0.2, -0.15) is 5.10 Å². The number of fused-ring (bicyclic) bond motifs is 1. The second-order valence-corrected chi connectivity index (χ2v) is 5.56. The van der Waals surface area contributed by atoms with Crippen LogP contribution in [-0.4, -0.2) is 37.6 Å². The van der Waals surface area contributed by atoms with E-state index in [9.17, 15) is 14.7 Å². The van der Waals surface area contributed by atoms with E-state index in [1.165, 1.54) is 10.6 Å². The molecule has 7 heteroatoms. The van der Waals surface area contributed by atoms with Crippen molar-refractivity contribution in [2.45, 2.75) is 26.8 Å². The summed E-state index contributed by atoms with van der Waals surface area (Å²) >= 11 is 0. The van der Waals surface area contributed by atoms with Crippen LogP contribution in [-0.2, 0) is 4.79 Å². The van der Waals surface area contributed by atoms with Crippen LogP contribution in [0.3, 0.4) is 0 Å². The Bertz CT molecular complexity index is 624. The van der Waals surface area contributed by atoms with Gasteiger partial charge in [-0.15, -0.1) is 0 Å². The van der Waals surface area contributed by atoms with Crippen LogP contribution in [0.2, 0.25) is 0 Å². The molecule has 2 heterocycles. The summed E-state index contributed by atoms with van der Waals surface area (Å²) in [6, 6.07) is 2.21. The molecule has 0 aromatic carbocycles. The van der Waals surface area contributed by atoms with E-state index in [1.807, 2.05) is 0 Å². The van der Waals surface area contributed by atoms with Crippen molar-refractivity contribution in [2.75, 3.05) is 0 Å². The van der Waals surface area contributed by atoms with Crippen LogP contribution < -0.4 is 5.32 Å². The third-order valence-corrected chi connectivity index (χ3v) is 2.86. The van der Waals surface area contributed by atoms with Crippen LogP contribution in [0.15, 0.2) is 24.5 Å². The number of aromatic nitrogens is 3. The predicted molar refractivity (Wildman–Crippen MR) is 71.3 cm³/mol. The number of hydrogen-bond donors (Lipinski definition) is 2. The zero-order chi connectivity index (χ0) is 14.9. The van der Waals surface area contributed by atoms with Crippen molar-refractivity contribution in [1.29, 1.82) is 0 Å². The smallest absolute Gasteiger partial charge is 0.326 e. The molecule has 2 rings (SSSR count). The fourth-order valence-electron chi connectivity index (χ4n) is 1.79. The third-order valence-electron chi connectivity index (χ3n) is 2.86. The Morgan fingerprint density at radius 2 is 2.10 bits per heavy atom. The Kier molecular flexibility index (Phi) is 3.44. The normalized spacial score (nSPS) is 13.2. The van der Waals surface area contributed by atoms with Gasteiger partial charge in [-0.05, 0) is 11.5 Å². The number of rotatable bonds is 3. The predicted octanol–water partition coefficient (Wildman–Crippen LogP) is 0.958. The Morgan fingerprint density at radius 1 is 1.40 bits per heavy atom. The molecule has 2 aromatic rings. The van der Waals surface area contributed by atoms with E-state index < -0.39 is 23.3 Å². The van der Waals surface area contributed by atoms with Crippen LogP contribution in [0.5, 0.6) is 0 Å². The van der Waals surface area contributed by atoms with E-state index in [4.69, 9.17) is 0 Å². The average molecular weight is 276 g/mol. The molecule has 7 nitrogen and oxygen atoms in total. The molecule has 0 saturated carbocycles. The number of amides is 1. The van der Waals surface area contributed by atoms with Gasteiger partial charge in [0.15, 0.2) is 11.3 Å². The van der Waals surface area contributed by atoms with Crippen molar-refractivity contribution in [3.8, 4) is 0 Å². The first-order valence-corrected chi connectivity index (χ1v) is 6.13. The molecule has 0 fully saturated rings. The standard InChI is InChI=1S/C13H16N4O3/c1-13(2,3)10(12(19)20)15-11(18)8-7-9-14-5-4-6-17(9)16-8/h4-7,10H,1-3H3,(H,15,18)(H,19,20)/t10-/m1/s1. The topological polar surface area (TPSA) is 96.6 Å². The van der Waals surface area contributed by atoms with Gasteiger partial charge in [0.05, 0.1) is 0 Å². The largest absolute Gasteiger partial charge is 0.480 e. The van der Waals surface area contributed by atoms with Gasteiger partial charge in [0.25, 0.3) is 5.91 Å². The van der Waals surface area contributed by atoms with Crippen LogP contribution in [0.4, 0.5) is 0 Å². The first-order valence-electron chi connectivity index (χ1n) is 6.13. The molecule has 0 bridgehead atoms. The lowest BCUT2D eigenvalue weighted by molar-refractivity contribution is -0.142. The minimum atomic E-state index is -1.08. The molecular formula is C13H16N4O3. The Balaban J connectivity index is 2.24. The minimum absolute atomic E-state index is 0.138. The summed E-state index contributed by atoms with van der Waals surface area (Å²) in [5.41, 5.74) is 0.0679. The Morgan fingerprint density at radius 3 is 2.65 bits per heavy atom. The molecule has 0 aliphatic carbocycles. The fourth-order valence-corrected chi connectivity index (χ4v) is 1.79. The zero-order valence-corrected chi connectivity index (χ0v) is 11.5. The molecule has 0 unspecified atom stereocenters. The van der Waals surface area contributed by atoms with Crippen molar-refractivity contribution >= 4 is 17.5 Å². The SMILES string of the molecule is CC(C)(C)[C@H](NC(=O)c1cc2ncccn2n1)C(=O)O. The zero-order valence-electron chi connectivity index (χ0n) is 11.5. The molecule has 0 radical (unpaired) electrons. The van der Waals surface area contributed by atoms with E-state index >= 15 is 0 Å². The molecule has 106 valence electrons. The maximum absolute atomic E-state index is 12.1. The summed E-state index contributed by atoms with van der Waals surface area (Å²) in [6.07, 6.45) is 3.26. The highest BCUT2D eigenvalue weighted by molar-refractivity contribution is 5.96. The third kappa shape index (κ3) is 2.76. The van der Waals surface area contributed by atoms with Gasteiger partial charge in [-0.3, -0.25) is 4.79 Å². The molecule has 0 aliphatic rings. The molecule has 20 heavy (non-hydrogen) atoms. The molecule has 0 saturated heterocycles. The summed E-state index contributed by atoms with van der Waals surface area (Å²) < 4.78 is 1.46. The monoisotopic (exact) mass is 276 g/mol. The highest BCUT2D eigenvalue weighted by Gasteiger charge is 2.33. The summed E-state index contributed by atoms with van der Waals surface area (Å²) in [5.74, 6) is -1.61. The first-order chi connectivity index (χ1) is 9.29. The molecule has 1 atom stereocenters. The fraction of sp³-hybridized carbons (Fsp3) is 0.385. The van der Waals surface area contributed by atoms with Gasteiger partial charge in [0.2, 0.25) is 0 Å². The number of carbonyl (C=O) groups excluding carboxylic acids is 1. The lowest BCUT2D eigenvalue weighted by Crippen LogP contribution is -2.49. The minimum Gasteiger partial charge on any atom is -0.480 e. The van der Waals surface area contributed by atoms with Crippen LogP contribution in [0, 0.1) is 5.41 Å². The van der Waals surface area contributed by atoms with Gasteiger partial charge in [0, 0.05) is 18.5 Å². The maximum atomic E-state index is 12.1. The van der Waals surface area contributed by atoms with E-state index in [0.29, 0.717) is 5.65 Å². The second-order valence-electron chi connectivity index (χ2n) is 5.56. The van der Waals surface area contributed by atoms with Crippen LogP contribution in [0.25, 0.3) is 5.65 Å². The maximum Gasteiger partial charge on any atom is 0.326 e. The Labute approximate surface area is 115 Å². The lowest BCUT2D eigenvalue weighted by Gasteiger charge is -2.27. The molecule has 2 aromatic heterocycles. The van der Waals surface area contributed by atoms with E-state index in [2.05, 4.69) is 15.4 Å². The quantitative estimate of drug-likeness (QED) is 0.870. The number of carboxylic acids is 1. The molecule has 1 amide bonds. The average Bonchev–Trinajstić information content (AvgIpc) is 2.77. The molecule has 0 spiro atoms. The van der Waals surface area contributed by atoms with Crippen LogP contribution in [0.1, 0.15) is 31.3 Å². The molecule has 0 aliphatic heterocycles.